The molecule has 0 aliphatic carbocycles. The van der Waals surface area contributed by atoms with Gasteiger partial charge in [0.05, 0.1) is 16.4 Å². The smallest absolute Gasteiger partial charge is 0.452 e. The minimum atomic E-state index is -1.03. The minimum Gasteiger partial charge on any atom is -0.452 e. The number of benzene rings is 1. The van der Waals surface area contributed by atoms with Crippen molar-refractivity contribution in [1.82, 2.24) is 9.90 Å². The van der Waals surface area contributed by atoms with Gasteiger partial charge in [0.1, 0.15) is 24.9 Å². The molecule has 2 aromatic rings. The van der Waals surface area contributed by atoms with Gasteiger partial charge in [-0.05, 0) is 46.0 Å². The fraction of sp³-hybridized carbons (Fsp3) is 0.591. The molecule has 0 saturated carbocycles. The van der Waals surface area contributed by atoms with E-state index in [0.29, 0.717) is 30.6 Å². The van der Waals surface area contributed by atoms with Crippen LogP contribution in [-0.2, 0) is 34.1 Å². The third-order valence-corrected chi connectivity index (χ3v) is 6.21. The topological polar surface area (TPSA) is 75.7 Å². The maximum absolute atomic E-state index is 12.9. The zero-order valence-electron chi connectivity index (χ0n) is 19.4. The van der Waals surface area contributed by atoms with E-state index in [4.69, 9.17) is 18.8 Å². The van der Waals surface area contributed by atoms with Crippen LogP contribution in [0.5, 0.6) is 5.75 Å². The molecule has 8 nitrogen and oxygen atoms in total. The third kappa shape index (κ3) is 4.21. The van der Waals surface area contributed by atoms with Crippen molar-refractivity contribution in [2.75, 3.05) is 0 Å². The number of aromatic nitrogens is 3. The summed E-state index contributed by atoms with van der Waals surface area (Å²) < 4.78 is 27.4. The monoisotopic (exact) mass is 428 g/mol. The highest BCUT2D eigenvalue weighted by molar-refractivity contribution is 6.45. The summed E-state index contributed by atoms with van der Waals surface area (Å²) in [5.41, 5.74) is 1.46. The van der Waals surface area contributed by atoms with Crippen LogP contribution in [0, 0.1) is 0 Å². The van der Waals surface area contributed by atoms with Crippen LogP contribution < -0.4 is 9.42 Å². The molecule has 0 atom stereocenters. The number of hydrogen-bond acceptors (Lipinski definition) is 6. The van der Waals surface area contributed by atoms with E-state index in [1.54, 1.807) is 23.2 Å². The standard InChI is InChI=1S/C22H31BN3O5/c1-20(2)21(3,4)31-23(30-20)11-10-15-8-9-16(14-26-13-12-25(7)24-26)17-18(15)28-22(5,6)29-19(17)27/h8-9,12-13H,10-11,14H2,1-7H3/q+1. The Bertz CT molecular complexity index is 999. The zero-order chi connectivity index (χ0) is 22.6. The number of esters is 1. The lowest BCUT2D eigenvalue weighted by molar-refractivity contribution is -0.732. The van der Waals surface area contributed by atoms with Gasteiger partial charge in [-0.15, -0.1) is 9.36 Å². The summed E-state index contributed by atoms with van der Waals surface area (Å²) in [4.78, 5) is 12.9. The maximum Gasteiger partial charge on any atom is 0.458 e. The Balaban J connectivity index is 1.61. The predicted molar refractivity (Wildman–Crippen MR) is 114 cm³/mol. The molecule has 0 amide bonds. The first-order chi connectivity index (χ1) is 14.4. The highest BCUT2D eigenvalue weighted by atomic mass is 16.7. The molecule has 0 bridgehead atoms. The summed E-state index contributed by atoms with van der Waals surface area (Å²) in [5.74, 6) is -0.831. The van der Waals surface area contributed by atoms with Crippen molar-refractivity contribution in [2.24, 2.45) is 7.05 Å². The summed E-state index contributed by atoms with van der Waals surface area (Å²) in [6.45, 7) is 12.1. The largest absolute Gasteiger partial charge is 0.458 e. The van der Waals surface area contributed by atoms with E-state index >= 15 is 0 Å². The van der Waals surface area contributed by atoms with Gasteiger partial charge in [0, 0.05) is 19.4 Å². The quantitative estimate of drug-likeness (QED) is 0.414. The van der Waals surface area contributed by atoms with Crippen LogP contribution in [-0.4, -0.2) is 40.0 Å². The molecule has 2 aliphatic heterocycles. The van der Waals surface area contributed by atoms with Gasteiger partial charge in [-0.3, -0.25) is 0 Å². The van der Waals surface area contributed by atoms with Gasteiger partial charge < -0.3 is 18.8 Å². The number of ether oxygens (including phenoxy) is 2. The van der Waals surface area contributed by atoms with E-state index in [9.17, 15) is 4.79 Å². The average molecular weight is 428 g/mol. The Morgan fingerprint density at radius 3 is 2.29 bits per heavy atom. The predicted octanol–water partition coefficient (Wildman–Crippen LogP) is 2.68. The molecular formula is C22H31BN3O5+. The molecular weight excluding hydrogens is 397 g/mol. The van der Waals surface area contributed by atoms with E-state index in [0.717, 1.165) is 11.1 Å². The SMILES string of the molecule is C[n+]1ccn(Cc2ccc(CCB3OC(C)(C)C(C)(C)O3)c3c2C(=O)OC(C)(C)O3)n1. The van der Waals surface area contributed by atoms with E-state index in [1.807, 2.05) is 59.3 Å². The molecule has 1 saturated heterocycles. The molecule has 4 rings (SSSR count). The Morgan fingerprint density at radius 1 is 1.03 bits per heavy atom. The van der Waals surface area contributed by atoms with Crippen LogP contribution in [0.15, 0.2) is 24.5 Å². The van der Waals surface area contributed by atoms with Crippen LogP contribution >= 0.6 is 0 Å². The van der Waals surface area contributed by atoms with Crippen molar-refractivity contribution in [3.05, 3.63) is 41.2 Å². The van der Waals surface area contributed by atoms with Gasteiger partial charge in [0.25, 0.3) is 0 Å². The van der Waals surface area contributed by atoms with Crippen molar-refractivity contribution in [3.8, 4) is 5.75 Å². The number of hydrogen-bond donors (Lipinski definition) is 0. The fourth-order valence-corrected chi connectivity index (χ4v) is 3.91. The van der Waals surface area contributed by atoms with Crippen molar-refractivity contribution in [1.29, 1.82) is 0 Å². The number of fused-ring (bicyclic) bond motifs is 1. The van der Waals surface area contributed by atoms with Gasteiger partial charge in [0.15, 0.2) is 12.4 Å². The van der Waals surface area contributed by atoms with Crippen molar-refractivity contribution in [2.45, 2.75) is 77.8 Å². The van der Waals surface area contributed by atoms with E-state index in [2.05, 4.69) is 5.21 Å². The van der Waals surface area contributed by atoms with Crippen molar-refractivity contribution < 1.29 is 28.3 Å². The molecule has 9 heteroatoms. The second kappa shape index (κ2) is 7.34. The summed E-state index contributed by atoms with van der Waals surface area (Å²) in [5, 5.41) is 4.35. The first-order valence-corrected chi connectivity index (χ1v) is 10.7. The normalized spacial score (nSPS) is 20.9. The van der Waals surface area contributed by atoms with Crippen LogP contribution in [0.25, 0.3) is 0 Å². The van der Waals surface area contributed by atoms with Crippen LogP contribution in [0.1, 0.15) is 63.0 Å². The number of rotatable bonds is 5. The lowest BCUT2D eigenvalue weighted by Gasteiger charge is -2.33. The Labute approximate surface area is 183 Å². The summed E-state index contributed by atoms with van der Waals surface area (Å²) >= 11 is 0. The Kier molecular flexibility index (Phi) is 5.17. The zero-order valence-corrected chi connectivity index (χ0v) is 19.4. The fourth-order valence-electron chi connectivity index (χ4n) is 3.91. The van der Waals surface area contributed by atoms with Crippen LogP contribution in [0.2, 0.25) is 6.32 Å². The molecule has 1 aromatic carbocycles. The second-order valence-corrected chi connectivity index (χ2v) is 9.76. The summed E-state index contributed by atoms with van der Waals surface area (Å²) in [6.07, 6.45) is 5.02. The second-order valence-electron chi connectivity index (χ2n) is 9.76. The molecule has 0 N–H and O–H groups in total. The third-order valence-electron chi connectivity index (χ3n) is 6.21. The minimum absolute atomic E-state index is 0.312. The van der Waals surface area contributed by atoms with Crippen molar-refractivity contribution in [3.63, 3.8) is 0 Å². The van der Waals surface area contributed by atoms with Gasteiger partial charge in [-0.2, -0.15) is 0 Å². The lowest BCUT2D eigenvalue weighted by atomic mass is 9.81. The van der Waals surface area contributed by atoms with Crippen molar-refractivity contribution >= 4 is 13.1 Å². The van der Waals surface area contributed by atoms with Crippen LogP contribution in [0.3, 0.4) is 0 Å². The maximum atomic E-state index is 12.9. The molecule has 1 fully saturated rings. The molecule has 3 heterocycles. The van der Waals surface area contributed by atoms with E-state index in [1.165, 1.54) is 0 Å². The van der Waals surface area contributed by atoms with Gasteiger partial charge in [-0.25, -0.2) is 4.79 Å². The van der Waals surface area contributed by atoms with Gasteiger partial charge in [0.2, 0.25) is 5.79 Å². The highest BCUT2D eigenvalue weighted by Gasteiger charge is 2.50. The molecule has 31 heavy (non-hydrogen) atoms. The number of carbonyl (C=O) groups is 1. The van der Waals surface area contributed by atoms with E-state index in [-0.39, 0.29) is 24.3 Å². The molecule has 2 aliphatic rings. The molecule has 166 valence electrons. The molecule has 0 radical (unpaired) electrons. The Hall–Kier alpha value is -2.39. The molecule has 0 unspecified atom stereocenters. The number of carbonyl (C=O) groups excluding carboxylic acids is 1. The van der Waals surface area contributed by atoms with Gasteiger partial charge in [-0.1, -0.05) is 12.1 Å². The lowest BCUT2D eigenvalue weighted by Crippen LogP contribution is -2.41. The molecule has 0 spiro atoms. The van der Waals surface area contributed by atoms with Gasteiger partial charge >= 0.3 is 13.1 Å². The molecule has 1 aromatic heterocycles. The summed E-state index contributed by atoms with van der Waals surface area (Å²) in [6, 6.07) is 3.96. The number of cyclic esters (lactones) is 1. The first kappa shape index (κ1) is 21.8. The number of aryl methyl sites for hydroxylation is 2. The van der Waals surface area contributed by atoms with Crippen LogP contribution in [0.4, 0.5) is 0 Å². The van der Waals surface area contributed by atoms with E-state index < -0.39 is 5.79 Å². The first-order valence-electron chi connectivity index (χ1n) is 10.7. The highest BCUT2D eigenvalue weighted by Crippen LogP contribution is 2.40. The number of nitrogens with zero attached hydrogens (tertiary/aromatic N) is 3. The average Bonchev–Trinajstić information content (AvgIpc) is 3.12. The summed E-state index contributed by atoms with van der Waals surface area (Å²) in [7, 11) is 1.54. The Morgan fingerprint density at radius 2 is 1.68 bits per heavy atom.